The van der Waals surface area contributed by atoms with Gasteiger partial charge in [-0.3, -0.25) is 9.59 Å². The molecule has 0 bridgehead atoms. The smallest absolute Gasteiger partial charge is 0.302 e. The van der Waals surface area contributed by atoms with E-state index in [9.17, 15) is 9.59 Å². The lowest BCUT2D eigenvalue weighted by molar-refractivity contribution is -0.150. The third-order valence-corrected chi connectivity index (χ3v) is 1.51. The third kappa shape index (κ3) is 9.21. The van der Waals surface area contributed by atoms with E-state index in [1.165, 1.54) is 13.8 Å². The number of carbonyl (C=O) groups is 2. The molecule has 0 amide bonds. The van der Waals surface area contributed by atoms with Crippen molar-refractivity contribution in [3.63, 3.8) is 0 Å². The second-order valence-corrected chi connectivity index (χ2v) is 3.36. The van der Waals surface area contributed by atoms with Crippen molar-refractivity contribution in [2.24, 2.45) is 0 Å². The molecular weight excluding hydrogens is 200 g/mol. The van der Waals surface area contributed by atoms with Gasteiger partial charge in [0.2, 0.25) is 0 Å². The molecule has 2 unspecified atom stereocenters. The topological polar surface area (TPSA) is 61.8 Å². The van der Waals surface area contributed by atoms with Crippen molar-refractivity contribution < 1.29 is 23.8 Å². The monoisotopic (exact) mass is 218 g/mol. The van der Waals surface area contributed by atoms with Crippen molar-refractivity contribution in [1.29, 1.82) is 0 Å². The maximum atomic E-state index is 10.5. The molecule has 0 aliphatic rings. The maximum absolute atomic E-state index is 10.5. The number of carbonyl (C=O) groups excluding carboxylic acids is 2. The summed E-state index contributed by atoms with van der Waals surface area (Å²) in [4.78, 5) is 21.0. The van der Waals surface area contributed by atoms with Crippen molar-refractivity contribution in [2.75, 3.05) is 13.2 Å². The van der Waals surface area contributed by atoms with Gasteiger partial charge in [-0.2, -0.15) is 0 Å². The van der Waals surface area contributed by atoms with E-state index in [4.69, 9.17) is 14.2 Å². The molecule has 0 saturated carbocycles. The van der Waals surface area contributed by atoms with Crippen LogP contribution in [-0.4, -0.2) is 37.4 Å². The van der Waals surface area contributed by atoms with Crippen LogP contribution in [0.5, 0.6) is 0 Å². The average Bonchev–Trinajstić information content (AvgIpc) is 2.11. The van der Waals surface area contributed by atoms with Gasteiger partial charge in [-0.05, 0) is 13.8 Å². The van der Waals surface area contributed by atoms with Crippen LogP contribution in [0.15, 0.2) is 0 Å². The van der Waals surface area contributed by atoms with Crippen LogP contribution in [0.25, 0.3) is 0 Å². The summed E-state index contributed by atoms with van der Waals surface area (Å²) in [6.45, 7) is 6.67. The second-order valence-electron chi connectivity index (χ2n) is 3.36. The Kier molecular flexibility index (Phi) is 6.70. The molecular formula is C10H18O5. The van der Waals surface area contributed by atoms with Crippen LogP contribution in [0.1, 0.15) is 27.7 Å². The van der Waals surface area contributed by atoms with E-state index in [2.05, 4.69) is 0 Å². The summed E-state index contributed by atoms with van der Waals surface area (Å²) in [6, 6.07) is 0. The van der Waals surface area contributed by atoms with E-state index in [-0.39, 0.29) is 37.4 Å². The van der Waals surface area contributed by atoms with Crippen LogP contribution < -0.4 is 0 Å². The second kappa shape index (κ2) is 7.23. The van der Waals surface area contributed by atoms with E-state index in [1.54, 1.807) is 13.8 Å². The molecule has 5 heteroatoms. The largest absolute Gasteiger partial charge is 0.463 e. The van der Waals surface area contributed by atoms with Crippen molar-refractivity contribution in [3.8, 4) is 0 Å². The fraction of sp³-hybridized carbons (Fsp3) is 0.800. The molecule has 0 spiro atoms. The number of hydrogen-bond acceptors (Lipinski definition) is 5. The first kappa shape index (κ1) is 13.9. The van der Waals surface area contributed by atoms with Gasteiger partial charge in [-0.15, -0.1) is 0 Å². The van der Waals surface area contributed by atoms with Crippen LogP contribution in [0, 0.1) is 0 Å². The summed E-state index contributed by atoms with van der Waals surface area (Å²) in [7, 11) is 0. The fourth-order valence-corrected chi connectivity index (χ4v) is 0.945. The van der Waals surface area contributed by atoms with Crippen LogP contribution in [0.4, 0.5) is 0 Å². The van der Waals surface area contributed by atoms with E-state index >= 15 is 0 Å². The zero-order valence-electron chi connectivity index (χ0n) is 9.61. The minimum atomic E-state index is -0.335. The van der Waals surface area contributed by atoms with E-state index in [1.807, 2.05) is 0 Å². The van der Waals surface area contributed by atoms with Crippen molar-refractivity contribution in [2.45, 2.75) is 39.9 Å². The maximum Gasteiger partial charge on any atom is 0.302 e. The van der Waals surface area contributed by atoms with Gasteiger partial charge >= 0.3 is 11.9 Å². The van der Waals surface area contributed by atoms with Gasteiger partial charge in [0, 0.05) is 13.8 Å². The highest BCUT2D eigenvalue weighted by Crippen LogP contribution is 2.00. The number of ether oxygens (including phenoxy) is 3. The van der Waals surface area contributed by atoms with Gasteiger partial charge in [0.25, 0.3) is 0 Å². The van der Waals surface area contributed by atoms with Gasteiger partial charge in [-0.1, -0.05) is 0 Å². The van der Waals surface area contributed by atoms with E-state index in [0.717, 1.165) is 0 Å². The molecule has 0 saturated heterocycles. The molecule has 0 aromatic rings. The zero-order valence-corrected chi connectivity index (χ0v) is 9.61. The highest BCUT2D eigenvalue weighted by Gasteiger charge is 2.11. The molecule has 0 rings (SSSR count). The first-order chi connectivity index (χ1) is 6.91. The highest BCUT2D eigenvalue weighted by atomic mass is 16.6. The molecule has 5 nitrogen and oxygen atoms in total. The van der Waals surface area contributed by atoms with Crippen molar-refractivity contribution >= 4 is 11.9 Å². The lowest BCUT2D eigenvalue weighted by Gasteiger charge is -2.18. The molecule has 0 aromatic heterocycles. The van der Waals surface area contributed by atoms with E-state index in [0.29, 0.717) is 0 Å². The molecule has 0 fully saturated rings. The summed E-state index contributed by atoms with van der Waals surface area (Å²) in [5, 5.41) is 0. The Morgan fingerprint density at radius 3 is 1.53 bits per heavy atom. The minimum absolute atomic E-state index is 0.208. The van der Waals surface area contributed by atoms with Gasteiger partial charge < -0.3 is 14.2 Å². The zero-order chi connectivity index (χ0) is 11.8. The molecule has 0 heterocycles. The predicted molar refractivity (Wildman–Crippen MR) is 53.3 cm³/mol. The third-order valence-electron chi connectivity index (χ3n) is 1.51. The molecule has 88 valence electrons. The number of esters is 2. The summed E-state index contributed by atoms with van der Waals surface area (Å²) < 4.78 is 14.9. The fourth-order valence-electron chi connectivity index (χ4n) is 0.945. The van der Waals surface area contributed by atoms with Crippen LogP contribution in [0.2, 0.25) is 0 Å². The summed E-state index contributed by atoms with van der Waals surface area (Å²) >= 11 is 0. The van der Waals surface area contributed by atoms with Crippen LogP contribution in [0.3, 0.4) is 0 Å². The normalized spacial score (nSPS) is 14.1. The molecule has 0 N–H and O–H groups in total. The standard InChI is InChI=1S/C10H18O5/c1-7(5-13-9(3)11)15-8(2)6-14-10(4)12/h7-8H,5-6H2,1-4H3. The average molecular weight is 218 g/mol. The minimum Gasteiger partial charge on any atom is -0.463 e. The lowest BCUT2D eigenvalue weighted by atomic mass is 10.4. The number of hydrogen-bond donors (Lipinski definition) is 0. The van der Waals surface area contributed by atoms with Crippen LogP contribution in [-0.2, 0) is 23.8 Å². The molecule has 0 aliphatic carbocycles. The molecule has 0 aromatic carbocycles. The SMILES string of the molecule is CC(=O)OCC(C)OC(C)COC(C)=O. The molecule has 2 atom stereocenters. The Labute approximate surface area is 89.7 Å². The Bertz CT molecular complexity index is 192. The summed E-state index contributed by atoms with van der Waals surface area (Å²) in [5.74, 6) is -0.670. The Morgan fingerprint density at radius 1 is 0.933 bits per heavy atom. The van der Waals surface area contributed by atoms with Crippen molar-refractivity contribution in [1.82, 2.24) is 0 Å². The Hall–Kier alpha value is -1.10. The van der Waals surface area contributed by atoms with E-state index < -0.39 is 0 Å². The molecule has 0 aliphatic heterocycles. The molecule has 15 heavy (non-hydrogen) atoms. The summed E-state index contributed by atoms with van der Waals surface area (Å²) in [6.07, 6.45) is -0.418. The van der Waals surface area contributed by atoms with Gasteiger partial charge in [0.1, 0.15) is 13.2 Å². The van der Waals surface area contributed by atoms with Gasteiger partial charge in [-0.25, -0.2) is 0 Å². The predicted octanol–water partition coefficient (Wildman–Crippen LogP) is 0.906. The first-order valence-corrected chi connectivity index (χ1v) is 4.84. The highest BCUT2D eigenvalue weighted by molar-refractivity contribution is 5.66. The Balaban J connectivity index is 3.61. The van der Waals surface area contributed by atoms with Gasteiger partial charge in [0.05, 0.1) is 12.2 Å². The first-order valence-electron chi connectivity index (χ1n) is 4.84. The van der Waals surface area contributed by atoms with Crippen molar-refractivity contribution in [3.05, 3.63) is 0 Å². The lowest BCUT2D eigenvalue weighted by Crippen LogP contribution is -2.26. The summed E-state index contributed by atoms with van der Waals surface area (Å²) in [5.41, 5.74) is 0. The number of rotatable bonds is 6. The quantitative estimate of drug-likeness (QED) is 0.620. The molecule has 0 radical (unpaired) electrons. The Morgan fingerprint density at radius 2 is 1.27 bits per heavy atom. The van der Waals surface area contributed by atoms with Crippen LogP contribution >= 0.6 is 0 Å². The van der Waals surface area contributed by atoms with Gasteiger partial charge in [0.15, 0.2) is 0 Å².